The summed E-state index contributed by atoms with van der Waals surface area (Å²) in [5, 5.41) is 12.9. The van der Waals surface area contributed by atoms with E-state index >= 15 is 0 Å². The molecule has 0 aliphatic heterocycles. The van der Waals surface area contributed by atoms with Gasteiger partial charge in [0.05, 0.1) is 27.6 Å². The number of aromatic nitrogens is 1. The number of hydrogen-bond donors (Lipinski definition) is 0. The smallest absolute Gasteiger partial charge is 0.416 e. The Morgan fingerprint density at radius 1 is 0.789 bits per heavy atom. The topological polar surface area (TPSA) is 47.2 Å². The molecule has 0 atom stereocenters. The maximum atomic E-state index is 13.8. The van der Waals surface area contributed by atoms with Gasteiger partial charge in [-0.3, -0.25) is 4.79 Å². The molecule has 4 aromatic rings. The van der Waals surface area contributed by atoms with Crippen LogP contribution in [0.5, 0.6) is 0 Å². The molecule has 1 heterocycles. The zero-order valence-corrected chi connectivity index (χ0v) is 20.5. The lowest BCUT2D eigenvalue weighted by Crippen LogP contribution is -2.42. The van der Waals surface area contributed by atoms with Crippen molar-refractivity contribution in [3.05, 3.63) is 101 Å². The Morgan fingerprint density at radius 3 is 1.89 bits per heavy atom. The monoisotopic (exact) mass is 532 g/mol. The van der Waals surface area contributed by atoms with E-state index in [1.807, 2.05) is 0 Å². The fourth-order valence-electron chi connectivity index (χ4n) is 4.41. The molecule has 0 fully saturated rings. The number of pyridine rings is 1. The molecule has 0 radical (unpaired) electrons. The lowest BCUT2D eigenvalue weighted by atomic mass is 9.81. The minimum Gasteiger partial charge on any atom is -0.618 e. The number of halogens is 6. The van der Waals surface area contributed by atoms with Crippen molar-refractivity contribution in [3.8, 4) is 11.1 Å². The van der Waals surface area contributed by atoms with Crippen molar-refractivity contribution < 1.29 is 35.9 Å². The molecule has 0 bridgehead atoms. The highest BCUT2D eigenvalue weighted by atomic mass is 19.4. The Kier molecular flexibility index (Phi) is 6.63. The number of rotatable bonds is 4. The quantitative estimate of drug-likeness (QED) is 0.160. The van der Waals surface area contributed by atoms with Gasteiger partial charge in [-0.2, -0.15) is 31.1 Å². The molecule has 10 heteroatoms. The summed E-state index contributed by atoms with van der Waals surface area (Å²) in [4.78, 5) is 15.0. The SMILES string of the molecule is CN(C(=O)C(C)(C)c1cc(C(F)(F)F)cc(C(F)(F)F)c1)c1ccc2c(ccc[n+]2[O-])c1-c1ccccc1. The van der Waals surface area contributed by atoms with Gasteiger partial charge in [0.2, 0.25) is 11.4 Å². The minimum atomic E-state index is -5.05. The fraction of sp³-hybridized carbons (Fsp3) is 0.214. The Hall–Kier alpha value is -4.08. The molecule has 198 valence electrons. The standard InChI is InChI=1S/C28H22F6N2O2/c1-26(2,18-14-19(27(29,30)31)16-20(15-18)28(32,33)34)25(37)35(3)23-12-11-22-21(10-7-13-36(22)38)24(23)17-8-5-4-6-9-17/h4-16H,1-3H3. The van der Waals surface area contributed by atoms with Crippen LogP contribution in [0.15, 0.2) is 79.0 Å². The third-order valence-electron chi connectivity index (χ3n) is 6.49. The second kappa shape index (κ2) is 9.34. The van der Waals surface area contributed by atoms with Crippen LogP contribution in [0.4, 0.5) is 32.0 Å². The number of carbonyl (C=O) groups is 1. The fourth-order valence-corrected chi connectivity index (χ4v) is 4.41. The van der Waals surface area contributed by atoms with Crippen LogP contribution in [0, 0.1) is 5.21 Å². The number of fused-ring (bicyclic) bond motifs is 1. The summed E-state index contributed by atoms with van der Waals surface area (Å²) >= 11 is 0. The molecule has 1 amide bonds. The first-order chi connectivity index (χ1) is 17.6. The van der Waals surface area contributed by atoms with E-state index in [1.54, 1.807) is 42.5 Å². The predicted octanol–water partition coefficient (Wildman–Crippen LogP) is 7.12. The van der Waals surface area contributed by atoms with E-state index in [-0.39, 0.29) is 6.07 Å². The van der Waals surface area contributed by atoms with Gasteiger partial charge in [0.25, 0.3) is 0 Å². The second-order valence-corrected chi connectivity index (χ2v) is 9.38. The van der Waals surface area contributed by atoms with Crippen LogP contribution < -0.4 is 9.63 Å². The maximum Gasteiger partial charge on any atom is 0.416 e. The Morgan fingerprint density at radius 2 is 1.34 bits per heavy atom. The van der Waals surface area contributed by atoms with Crippen molar-refractivity contribution in [3.63, 3.8) is 0 Å². The molecule has 0 aliphatic rings. The van der Waals surface area contributed by atoms with Crippen molar-refractivity contribution in [2.24, 2.45) is 0 Å². The summed E-state index contributed by atoms with van der Waals surface area (Å²) in [6.45, 7) is 2.55. The Balaban J connectivity index is 1.88. The van der Waals surface area contributed by atoms with Gasteiger partial charge in [-0.15, -0.1) is 0 Å². The number of alkyl halides is 6. The largest absolute Gasteiger partial charge is 0.618 e. The molecule has 0 aliphatic carbocycles. The zero-order valence-electron chi connectivity index (χ0n) is 20.5. The van der Waals surface area contributed by atoms with Gasteiger partial charge in [-0.1, -0.05) is 30.3 Å². The van der Waals surface area contributed by atoms with E-state index in [0.29, 0.717) is 44.6 Å². The lowest BCUT2D eigenvalue weighted by Gasteiger charge is -2.32. The maximum absolute atomic E-state index is 13.8. The average Bonchev–Trinajstić information content (AvgIpc) is 2.86. The van der Waals surface area contributed by atoms with Crippen LogP contribution in [-0.4, -0.2) is 13.0 Å². The molecule has 0 saturated heterocycles. The lowest BCUT2D eigenvalue weighted by molar-refractivity contribution is -0.577. The number of anilines is 1. The highest BCUT2D eigenvalue weighted by molar-refractivity contribution is 6.08. The van der Waals surface area contributed by atoms with Crippen LogP contribution in [0.1, 0.15) is 30.5 Å². The van der Waals surface area contributed by atoms with Crippen LogP contribution in [-0.2, 0) is 22.6 Å². The molecule has 4 nitrogen and oxygen atoms in total. The van der Waals surface area contributed by atoms with Gasteiger partial charge >= 0.3 is 12.4 Å². The molecule has 3 aromatic carbocycles. The number of benzene rings is 3. The van der Waals surface area contributed by atoms with Crippen LogP contribution in [0.3, 0.4) is 0 Å². The normalized spacial score (nSPS) is 12.6. The average molecular weight is 532 g/mol. The molecule has 4 rings (SSSR count). The first-order valence-corrected chi connectivity index (χ1v) is 11.4. The molecule has 0 unspecified atom stereocenters. The molecular weight excluding hydrogens is 510 g/mol. The summed E-state index contributed by atoms with van der Waals surface area (Å²) in [6.07, 6.45) is -8.78. The molecular formula is C28H22F6N2O2. The van der Waals surface area contributed by atoms with Crippen molar-refractivity contribution >= 4 is 22.5 Å². The van der Waals surface area contributed by atoms with Gasteiger partial charge < -0.3 is 10.1 Å². The predicted molar refractivity (Wildman–Crippen MR) is 131 cm³/mol. The zero-order chi connectivity index (χ0) is 28.0. The Labute approximate surface area is 214 Å². The number of hydrogen-bond acceptors (Lipinski definition) is 2. The van der Waals surface area contributed by atoms with Gasteiger partial charge in [-0.05, 0) is 55.3 Å². The number of carbonyl (C=O) groups excluding carboxylic acids is 1. The van der Waals surface area contributed by atoms with Crippen LogP contribution in [0.2, 0.25) is 0 Å². The number of likely N-dealkylation sites (N-methyl/N-ethyl adjacent to an activating group) is 1. The molecule has 0 spiro atoms. The molecule has 0 N–H and O–H groups in total. The van der Waals surface area contributed by atoms with Gasteiger partial charge in [-0.25, -0.2) is 0 Å². The van der Waals surface area contributed by atoms with Crippen molar-refractivity contribution in [1.29, 1.82) is 0 Å². The number of amides is 1. The minimum absolute atomic E-state index is 0.0305. The molecule has 1 aromatic heterocycles. The van der Waals surface area contributed by atoms with E-state index in [4.69, 9.17) is 0 Å². The summed E-state index contributed by atoms with van der Waals surface area (Å²) in [5.41, 5.74) is -3.39. The van der Waals surface area contributed by atoms with Crippen LogP contribution >= 0.6 is 0 Å². The van der Waals surface area contributed by atoms with Gasteiger partial charge in [0.15, 0.2) is 6.20 Å². The molecule has 38 heavy (non-hydrogen) atoms. The van der Waals surface area contributed by atoms with Crippen molar-refractivity contribution in [2.75, 3.05) is 11.9 Å². The summed E-state index contributed by atoms with van der Waals surface area (Å²) in [6, 6.07) is 16.3. The van der Waals surface area contributed by atoms with Gasteiger partial charge in [0, 0.05) is 24.7 Å². The third-order valence-corrected chi connectivity index (χ3v) is 6.49. The van der Waals surface area contributed by atoms with Crippen molar-refractivity contribution in [1.82, 2.24) is 0 Å². The van der Waals surface area contributed by atoms with E-state index in [2.05, 4.69) is 0 Å². The highest BCUT2D eigenvalue weighted by Gasteiger charge is 2.41. The van der Waals surface area contributed by atoms with E-state index in [9.17, 15) is 36.3 Å². The van der Waals surface area contributed by atoms with E-state index in [1.165, 1.54) is 44.1 Å². The third kappa shape index (κ3) is 4.90. The first-order valence-electron chi connectivity index (χ1n) is 11.4. The number of nitrogens with zero attached hydrogens (tertiary/aromatic N) is 2. The summed E-state index contributed by atoms with van der Waals surface area (Å²) in [7, 11) is 1.39. The molecule has 0 saturated carbocycles. The van der Waals surface area contributed by atoms with Crippen molar-refractivity contribution in [2.45, 2.75) is 31.6 Å². The second-order valence-electron chi connectivity index (χ2n) is 9.38. The van der Waals surface area contributed by atoms with E-state index < -0.39 is 40.4 Å². The highest BCUT2D eigenvalue weighted by Crippen LogP contribution is 2.41. The summed E-state index contributed by atoms with van der Waals surface area (Å²) in [5.74, 6) is -0.743. The van der Waals surface area contributed by atoms with E-state index in [0.717, 1.165) is 0 Å². The summed E-state index contributed by atoms with van der Waals surface area (Å²) < 4.78 is 81.5. The van der Waals surface area contributed by atoms with Crippen LogP contribution in [0.25, 0.3) is 22.0 Å². The Bertz CT molecular complexity index is 1480. The first kappa shape index (κ1) is 27.0. The van der Waals surface area contributed by atoms with Gasteiger partial charge in [0.1, 0.15) is 0 Å².